The fraction of sp³-hybridized carbons (Fsp3) is 0.607. The fourth-order valence-electron chi connectivity index (χ4n) is 6.10. The molecule has 0 saturated carbocycles. The number of rotatable bonds is 4. The van der Waals surface area contributed by atoms with Crippen LogP contribution >= 0.6 is 0 Å². The van der Waals surface area contributed by atoms with E-state index in [1.165, 1.54) is 9.13 Å². The maximum atomic E-state index is 13.1. The third-order valence-corrected chi connectivity index (χ3v) is 8.20. The molecule has 0 aliphatic carbocycles. The van der Waals surface area contributed by atoms with E-state index in [0.717, 1.165) is 18.4 Å². The van der Waals surface area contributed by atoms with E-state index < -0.39 is 17.6 Å². The van der Waals surface area contributed by atoms with E-state index >= 15 is 0 Å². The van der Waals surface area contributed by atoms with E-state index in [1.54, 1.807) is 18.0 Å². The number of fused-ring (bicyclic) bond motifs is 1. The number of imidazole rings is 1. The summed E-state index contributed by atoms with van der Waals surface area (Å²) in [5.41, 5.74) is 1.43. The fourth-order valence-corrected chi connectivity index (χ4v) is 6.10. The standard InChI is InChI=1S/C28H37N5O6/c1-27(2,3)39-26(38)31-14-12-28(13-15-31)16-32(17-28)22(35)11-8-18-6-5-7-19-23(18)30(4)25(37)33(19)20-9-10-21(34)29-24(20)36/h5-7,20H,8-17H2,1-4H3,(H,29,34,36). The van der Waals surface area contributed by atoms with Gasteiger partial charge in [-0.15, -0.1) is 0 Å². The van der Waals surface area contributed by atoms with Gasteiger partial charge in [-0.2, -0.15) is 0 Å². The molecule has 3 saturated heterocycles. The van der Waals surface area contributed by atoms with Gasteiger partial charge in [-0.25, -0.2) is 9.59 Å². The number of benzene rings is 1. The Labute approximate surface area is 227 Å². The topological polar surface area (TPSA) is 123 Å². The number of likely N-dealkylation sites (tertiary alicyclic amines) is 2. The third-order valence-electron chi connectivity index (χ3n) is 8.20. The second-order valence-electron chi connectivity index (χ2n) is 12.2. The smallest absolute Gasteiger partial charge is 0.410 e. The minimum atomic E-state index is -0.741. The molecule has 0 radical (unpaired) electrons. The number of nitrogens with one attached hydrogen (secondary N) is 1. The minimum absolute atomic E-state index is 0.0667. The summed E-state index contributed by atoms with van der Waals surface area (Å²) in [4.78, 5) is 66.3. The van der Waals surface area contributed by atoms with Crippen molar-refractivity contribution in [1.82, 2.24) is 24.3 Å². The summed E-state index contributed by atoms with van der Waals surface area (Å²) in [5.74, 6) is -0.725. The number of imide groups is 1. The molecule has 2 aromatic rings. The lowest BCUT2D eigenvalue weighted by atomic mass is 9.72. The number of hydrogen-bond donors (Lipinski definition) is 1. The molecule has 3 aliphatic heterocycles. The molecule has 1 aromatic heterocycles. The van der Waals surface area contributed by atoms with Crippen LogP contribution in [0.4, 0.5) is 4.79 Å². The molecule has 1 unspecified atom stereocenters. The Morgan fingerprint density at radius 2 is 1.77 bits per heavy atom. The number of carbonyl (C=O) groups excluding carboxylic acids is 4. The van der Waals surface area contributed by atoms with Gasteiger partial charge in [0.2, 0.25) is 17.7 Å². The molecule has 39 heavy (non-hydrogen) atoms. The zero-order valence-electron chi connectivity index (χ0n) is 23.1. The van der Waals surface area contributed by atoms with Crippen LogP contribution in [0.2, 0.25) is 0 Å². The Hall–Kier alpha value is -3.63. The van der Waals surface area contributed by atoms with Gasteiger partial charge in [-0.1, -0.05) is 12.1 Å². The average molecular weight is 540 g/mol. The molecule has 0 bridgehead atoms. The molecule has 3 fully saturated rings. The first kappa shape index (κ1) is 27.0. The van der Waals surface area contributed by atoms with Crippen LogP contribution in [0.5, 0.6) is 0 Å². The number of aryl methyl sites for hydroxylation is 2. The Morgan fingerprint density at radius 3 is 2.41 bits per heavy atom. The van der Waals surface area contributed by atoms with Crippen molar-refractivity contribution in [1.29, 1.82) is 0 Å². The SMILES string of the molecule is Cn1c(=O)n(C2CCC(=O)NC2=O)c2cccc(CCC(=O)N3CC4(CCN(C(=O)OC(C)(C)C)CC4)C3)c21. The van der Waals surface area contributed by atoms with Crippen LogP contribution < -0.4 is 11.0 Å². The summed E-state index contributed by atoms with van der Waals surface area (Å²) < 4.78 is 8.48. The molecule has 11 heteroatoms. The van der Waals surface area contributed by atoms with Crippen LogP contribution in [0.25, 0.3) is 11.0 Å². The van der Waals surface area contributed by atoms with Crippen molar-refractivity contribution in [3.8, 4) is 0 Å². The summed E-state index contributed by atoms with van der Waals surface area (Å²) in [5, 5.41) is 2.33. The molecule has 11 nitrogen and oxygen atoms in total. The first-order chi connectivity index (χ1) is 18.4. The first-order valence-electron chi connectivity index (χ1n) is 13.7. The number of amides is 4. The van der Waals surface area contributed by atoms with E-state index in [0.29, 0.717) is 50.1 Å². The summed E-state index contributed by atoms with van der Waals surface area (Å²) in [6.07, 6.45) is 2.68. The van der Waals surface area contributed by atoms with Gasteiger partial charge in [0.05, 0.1) is 11.0 Å². The largest absolute Gasteiger partial charge is 0.444 e. The second kappa shape index (κ2) is 9.84. The van der Waals surface area contributed by atoms with E-state index in [1.807, 2.05) is 37.8 Å². The lowest BCUT2D eigenvalue weighted by molar-refractivity contribution is -0.146. The molecule has 1 N–H and O–H groups in total. The van der Waals surface area contributed by atoms with Gasteiger partial charge in [-0.05, 0) is 58.1 Å². The van der Waals surface area contributed by atoms with Gasteiger partial charge < -0.3 is 14.5 Å². The normalized spacial score (nSPS) is 21.2. The quantitative estimate of drug-likeness (QED) is 0.594. The Morgan fingerprint density at radius 1 is 1.08 bits per heavy atom. The average Bonchev–Trinajstić information content (AvgIpc) is 3.10. The highest BCUT2D eigenvalue weighted by atomic mass is 16.6. The predicted molar refractivity (Wildman–Crippen MR) is 143 cm³/mol. The maximum Gasteiger partial charge on any atom is 0.410 e. The Kier molecular flexibility index (Phi) is 6.80. The highest BCUT2D eigenvalue weighted by Crippen LogP contribution is 2.41. The number of piperidine rings is 2. The molecule has 1 atom stereocenters. The zero-order chi connectivity index (χ0) is 28.1. The number of carbonyl (C=O) groups is 4. The van der Waals surface area contributed by atoms with Gasteiger partial charge in [0.15, 0.2) is 0 Å². The Balaban J connectivity index is 1.20. The van der Waals surface area contributed by atoms with Crippen molar-refractivity contribution in [3.05, 3.63) is 34.2 Å². The highest BCUT2D eigenvalue weighted by molar-refractivity contribution is 6.00. The molecule has 1 spiro atoms. The van der Waals surface area contributed by atoms with Gasteiger partial charge in [-0.3, -0.25) is 28.8 Å². The monoisotopic (exact) mass is 539 g/mol. The summed E-state index contributed by atoms with van der Waals surface area (Å²) in [7, 11) is 1.67. The number of hydrogen-bond acceptors (Lipinski definition) is 6. The molecule has 1 aromatic carbocycles. The van der Waals surface area contributed by atoms with Crippen LogP contribution in [0.3, 0.4) is 0 Å². The zero-order valence-corrected chi connectivity index (χ0v) is 23.1. The van der Waals surface area contributed by atoms with Crippen LogP contribution in [-0.4, -0.2) is 74.5 Å². The van der Waals surface area contributed by atoms with Crippen molar-refractivity contribution in [2.24, 2.45) is 12.5 Å². The molecule has 4 amide bonds. The number of nitrogens with zero attached hydrogens (tertiary/aromatic N) is 4. The van der Waals surface area contributed by atoms with Crippen molar-refractivity contribution >= 4 is 34.8 Å². The maximum absolute atomic E-state index is 13.1. The van der Waals surface area contributed by atoms with Crippen molar-refractivity contribution in [3.63, 3.8) is 0 Å². The Bertz CT molecular complexity index is 1380. The van der Waals surface area contributed by atoms with Gasteiger partial charge in [0.25, 0.3) is 0 Å². The lowest BCUT2D eigenvalue weighted by Gasteiger charge is -2.54. The molecular formula is C28H37N5O6. The molecule has 5 rings (SSSR count). The molecule has 210 valence electrons. The second-order valence-corrected chi connectivity index (χ2v) is 12.2. The first-order valence-corrected chi connectivity index (χ1v) is 13.7. The van der Waals surface area contributed by atoms with Crippen LogP contribution in [-0.2, 0) is 32.6 Å². The van der Waals surface area contributed by atoms with Crippen molar-refractivity contribution < 1.29 is 23.9 Å². The predicted octanol–water partition coefficient (Wildman–Crippen LogP) is 2.11. The van der Waals surface area contributed by atoms with Crippen LogP contribution in [0.15, 0.2) is 23.0 Å². The van der Waals surface area contributed by atoms with E-state index in [-0.39, 0.29) is 41.9 Å². The number of ether oxygens (including phenoxy) is 1. The van der Waals surface area contributed by atoms with Crippen LogP contribution in [0, 0.1) is 5.41 Å². The van der Waals surface area contributed by atoms with Crippen molar-refractivity contribution in [2.75, 3.05) is 26.2 Å². The van der Waals surface area contributed by atoms with E-state index in [9.17, 15) is 24.0 Å². The molecule has 4 heterocycles. The summed E-state index contributed by atoms with van der Waals surface area (Å²) in [6, 6.07) is 4.80. The molecule has 3 aliphatic rings. The van der Waals surface area contributed by atoms with Crippen LogP contribution in [0.1, 0.15) is 64.5 Å². The number of para-hydroxylation sites is 1. The minimum Gasteiger partial charge on any atom is -0.444 e. The highest BCUT2D eigenvalue weighted by Gasteiger charge is 2.47. The summed E-state index contributed by atoms with van der Waals surface area (Å²) >= 11 is 0. The van der Waals surface area contributed by atoms with Gasteiger partial charge in [0.1, 0.15) is 11.6 Å². The van der Waals surface area contributed by atoms with E-state index in [4.69, 9.17) is 4.74 Å². The summed E-state index contributed by atoms with van der Waals surface area (Å²) in [6.45, 7) is 8.25. The lowest BCUT2D eigenvalue weighted by Crippen LogP contribution is -2.62. The third kappa shape index (κ3) is 5.18. The molecular weight excluding hydrogens is 502 g/mol. The van der Waals surface area contributed by atoms with Crippen molar-refractivity contribution in [2.45, 2.75) is 70.9 Å². The van der Waals surface area contributed by atoms with Gasteiger partial charge >= 0.3 is 11.8 Å². The number of aromatic nitrogens is 2. The van der Waals surface area contributed by atoms with E-state index in [2.05, 4.69) is 5.32 Å². The van der Waals surface area contributed by atoms with Gasteiger partial charge in [0, 0.05) is 51.5 Å².